The Hall–Kier alpha value is -0.530. The molecule has 0 aromatic carbocycles. The van der Waals surface area contributed by atoms with Crippen LogP contribution in [0.15, 0.2) is 0 Å². The molecule has 0 radical (unpaired) electrons. The molecule has 2 heteroatoms. The van der Waals surface area contributed by atoms with E-state index in [1.54, 1.807) is 0 Å². The lowest BCUT2D eigenvalue weighted by Crippen LogP contribution is -2.32. The Labute approximate surface area is 177 Å². The first-order valence-electron chi connectivity index (χ1n) is 12.8. The number of esters is 1. The fourth-order valence-electron chi connectivity index (χ4n) is 4.31. The fourth-order valence-corrected chi connectivity index (χ4v) is 4.31. The lowest BCUT2D eigenvalue weighted by atomic mass is 9.75. The van der Waals surface area contributed by atoms with Crippen molar-refractivity contribution in [3.63, 3.8) is 0 Å². The first-order valence-corrected chi connectivity index (χ1v) is 12.8. The van der Waals surface area contributed by atoms with Crippen molar-refractivity contribution in [2.75, 3.05) is 6.61 Å². The first kappa shape index (κ1) is 27.5. The van der Waals surface area contributed by atoms with Crippen LogP contribution in [-0.2, 0) is 9.53 Å². The molecule has 1 unspecified atom stereocenters. The number of ether oxygens (including phenoxy) is 1. The molecule has 0 fully saturated rings. The largest absolute Gasteiger partial charge is 0.466 e. The van der Waals surface area contributed by atoms with E-state index in [9.17, 15) is 4.79 Å². The minimum atomic E-state index is -0.220. The van der Waals surface area contributed by atoms with Crippen LogP contribution in [0.1, 0.15) is 150 Å². The Balaban J connectivity index is 3.98. The summed E-state index contributed by atoms with van der Waals surface area (Å²) in [7, 11) is 0. The second-order valence-corrected chi connectivity index (χ2v) is 8.80. The maximum absolute atomic E-state index is 12.7. The Morgan fingerprint density at radius 3 is 1.29 bits per heavy atom. The molecular formula is C26H52O2. The number of rotatable bonds is 21. The highest BCUT2D eigenvalue weighted by molar-refractivity contribution is 5.76. The summed E-state index contributed by atoms with van der Waals surface area (Å²) < 4.78 is 5.47. The van der Waals surface area contributed by atoms with Gasteiger partial charge in [-0.2, -0.15) is 0 Å². The van der Waals surface area contributed by atoms with Gasteiger partial charge in [0.2, 0.25) is 0 Å². The van der Waals surface area contributed by atoms with Gasteiger partial charge in [0, 0.05) is 0 Å². The van der Waals surface area contributed by atoms with Gasteiger partial charge in [0.25, 0.3) is 0 Å². The molecule has 0 N–H and O–H groups in total. The topological polar surface area (TPSA) is 26.3 Å². The van der Waals surface area contributed by atoms with E-state index >= 15 is 0 Å². The molecule has 0 rings (SSSR count). The van der Waals surface area contributed by atoms with Crippen molar-refractivity contribution >= 4 is 5.97 Å². The van der Waals surface area contributed by atoms with Crippen molar-refractivity contribution in [2.24, 2.45) is 5.41 Å². The Morgan fingerprint density at radius 2 is 0.929 bits per heavy atom. The molecule has 0 saturated carbocycles. The predicted molar refractivity (Wildman–Crippen MR) is 124 cm³/mol. The summed E-state index contributed by atoms with van der Waals surface area (Å²) in [6, 6.07) is 0. The quantitative estimate of drug-likeness (QED) is 0.143. The van der Waals surface area contributed by atoms with Crippen LogP contribution < -0.4 is 0 Å². The molecule has 2 nitrogen and oxygen atoms in total. The molecule has 0 bridgehead atoms. The standard InChI is InChI=1S/C26H52O2/c1-5-9-11-13-14-15-16-17-18-19-20-22-24-26(7-3,25(27)28-8-4)23-21-12-10-6-2/h5-24H2,1-4H3. The molecule has 0 saturated heterocycles. The van der Waals surface area contributed by atoms with Crippen molar-refractivity contribution < 1.29 is 9.53 Å². The summed E-state index contributed by atoms with van der Waals surface area (Å²) in [4.78, 5) is 12.7. The highest BCUT2D eigenvalue weighted by Crippen LogP contribution is 2.37. The molecule has 168 valence electrons. The van der Waals surface area contributed by atoms with Gasteiger partial charge >= 0.3 is 5.97 Å². The molecule has 28 heavy (non-hydrogen) atoms. The average molecular weight is 397 g/mol. The molecule has 0 spiro atoms. The van der Waals surface area contributed by atoms with Crippen molar-refractivity contribution in [1.82, 2.24) is 0 Å². The van der Waals surface area contributed by atoms with Crippen LogP contribution in [0.3, 0.4) is 0 Å². The molecule has 1 atom stereocenters. The van der Waals surface area contributed by atoms with Crippen molar-refractivity contribution in [1.29, 1.82) is 0 Å². The molecule has 0 aromatic heterocycles. The van der Waals surface area contributed by atoms with E-state index < -0.39 is 0 Å². The van der Waals surface area contributed by atoms with E-state index in [1.807, 2.05) is 6.92 Å². The zero-order valence-electron chi connectivity index (χ0n) is 20.0. The average Bonchev–Trinajstić information content (AvgIpc) is 2.70. The second-order valence-electron chi connectivity index (χ2n) is 8.80. The highest BCUT2D eigenvalue weighted by atomic mass is 16.5. The van der Waals surface area contributed by atoms with Crippen LogP contribution in [0.25, 0.3) is 0 Å². The maximum Gasteiger partial charge on any atom is 0.312 e. The van der Waals surface area contributed by atoms with Crippen LogP contribution in [0.2, 0.25) is 0 Å². The predicted octanol–water partition coefficient (Wildman–Crippen LogP) is 9.01. The number of hydrogen-bond donors (Lipinski definition) is 0. The Bertz CT molecular complexity index is 339. The van der Waals surface area contributed by atoms with Gasteiger partial charge in [-0.3, -0.25) is 4.79 Å². The molecule has 0 aromatic rings. The number of carbonyl (C=O) groups excluding carboxylic acids is 1. The summed E-state index contributed by atoms with van der Waals surface area (Å²) in [5, 5.41) is 0. The van der Waals surface area contributed by atoms with Crippen molar-refractivity contribution in [3.8, 4) is 0 Å². The number of unbranched alkanes of at least 4 members (excludes halogenated alkanes) is 14. The smallest absolute Gasteiger partial charge is 0.312 e. The van der Waals surface area contributed by atoms with Crippen molar-refractivity contribution in [2.45, 2.75) is 150 Å². The van der Waals surface area contributed by atoms with Gasteiger partial charge in [-0.1, -0.05) is 124 Å². The molecule has 0 heterocycles. The van der Waals surface area contributed by atoms with Gasteiger partial charge in [-0.25, -0.2) is 0 Å². The number of hydrogen-bond acceptors (Lipinski definition) is 2. The summed E-state index contributed by atoms with van der Waals surface area (Å²) in [5.74, 6) is 0.0667. The van der Waals surface area contributed by atoms with Gasteiger partial charge in [-0.05, 0) is 26.2 Å². The lowest BCUT2D eigenvalue weighted by molar-refractivity contribution is -0.157. The third-order valence-corrected chi connectivity index (χ3v) is 6.40. The van der Waals surface area contributed by atoms with Crippen LogP contribution in [0, 0.1) is 5.41 Å². The van der Waals surface area contributed by atoms with Crippen LogP contribution in [0.5, 0.6) is 0 Å². The van der Waals surface area contributed by atoms with Crippen LogP contribution in [0.4, 0.5) is 0 Å². The SMILES string of the molecule is CCCCCCCCCCCCCCC(CC)(CCCCCC)C(=O)OCC. The molecule has 0 aliphatic carbocycles. The monoisotopic (exact) mass is 396 g/mol. The van der Waals surface area contributed by atoms with Gasteiger partial charge in [-0.15, -0.1) is 0 Å². The zero-order valence-corrected chi connectivity index (χ0v) is 20.0. The van der Waals surface area contributed by atoms with E-state index in [4.69, 9.17) is 4.74 Å². The minimum absolute atomic E-state index is 0.0667. The van der Waals surface area contributed by atoms with Gasteiger partial charge in [0.1, 0.15) is 0 Å². The zero-order chi connectivity index (χ0) is 20.9. The minimum Gasteiger partial charge on any atom is -0.466 e. The summed E-state index contributed by atoms with van der Waals surface area (Å²) >= 11 is 0. The molecule has 0 aliphatic rings. The van der Waals surface area contributed by atoms with Gasteiger partial charge in [0.15, 0.2) is 0 Å². The molecule has 0 amide bonds. The normalized spacial score (nSPS) is 13.4. The van der Waals surface area contributed by atoms with Gasteiger partial charge in [0.05, 0.1) is 12.0 Å². The fraction of sp³-hybridized carbons (Fsp3) is 0.962. The van der Waals surface area contributed by atoms with E-state index in [0.717, 1.165) is 19.3 Å². The first-order chi connectivity index (χ1) is 13.7. The van der Waals surface area contributed by atoms with E-state index in [0.29, 0.717) is 6.61 Å². The Kier molecular flexibility index (Phi) is 19.4. The lowest BCUT2D eigenvalue weighted by Gasteiger charge is -2.30. The summed E-state index contributed by atoms with van der Waals surface area (Å²) in [6.45, 7) is 9.14. The second kappa shape index (κ2) is 19.8. The van der Waals surface area contributed by atoms with E-state index in [1.165, 1.54) is 103 Å². The summed E-state index contributed by atoms with van der Waals surface area (Å²) in [5.41, 5.74) is -0.220. The number of carbonyl (C=O) groups is 1. The highest BCUT2D eigenvalue weighted by Gasteiger charge is 2.36. The van der Waals surface area contributed by atoms with E-state index in [2.05, 4.69) is 20.8 Å². The van der Waals surface area contributed by atoms with E-state index in [-0.39, 0.29) is 11.4 Å². The van der Waals surface area contributed by atoms with Crippen molar-refractivity contribution in [3.05, 3.63) is 0 Å². The summed E-state index contributed by atoms with van der Waals surface area (Å²) in [6.07, 6.45) is 24.3. The molecular weight excluding hydrogens is 344 g/mol. The van der Waals surface area contributed by atoms with Gasteiger partial charge < -0.3 is 4.74 Å². The van der Waals surface area contributed by atoms with Crippen LogP contribution >= 0.6 is 0 Å². The third kappa shape index (κ3) is 13.6. The molecule has 0 aliphatic heterocycles. The third-order valence-electron chi connectivity index (χ3n) is 6.40. The maximum atomic E-state index is 12.7. The Morgan fingerprint density at radius 1 is 0.571 bits per heavy atom. The van der Waals surface area contributed by atoms with Crippen LogP contribution in [-0.4, -0.2) is 12.6 Å².